The molecule has 0 aliphatic carbocycles. The van der Waals surface area contributed by atoms with E-state index in [4.69, 9.17) is 14.2 Å². The van der Waals surface area contributed by atoms with Crippen LogP contribution in [0, 0.1) is 0 Å². The largest absolute Gasteiger partial charge is 0.508 e. The van der Waals surface area contributed by atoms with Crippen molar-refractivity contribution in [2.45, 2.75) is 37.6 Å². The number of para-hydroxylation sites is 1. The van der Waals surface area contributed by atoms with E-state index in [-0.39, 0.29) is 13.2 Å². The van der Waals surface area contributed by atoms with Crippen LogP contribution in [-0.2, 0) is 14.2 Å². The molecule has 0 spiro atoms. The summed E-state index contributed by atoms with van der Waals surface area (Å²) in [5, 5.41) is 31.2. The van der Waals surface area contributed by atoms with Gasteiger partial charge in [0, 0.05) is 11.6 Å². The third-order valence-corrected chi connectivity index (χ3v) is 4.13. The van der Waals surface area contributed by atoms with Gasteiger partial charge in [-0.2, -0.15) is 0 Å². The van der Waals surface area contributed by atoms with E-state index in [1.807, 2.05) is 12.1 Å². The number of hydrogen-bond donors (Lipinski definition) is 3. The summed E-state index contributed by atoms with van der Waals surface area (Å²) in [4.78, 5) is 15.6. The minimum absolute atomic E-state index is 0.133. The molecule has 5 atom stereocenters. The number of carbonyl (C=O) groups is 1. The van der Waals surface area contributed by atoms with Crippen molar-refractivity contribution in [1.29, 1.82) is 0 Å². The van der Waals surface area contributed by atoms with Gasteiger partial charge >= 0.3 is 6.16 Å². The molecule has 146 valence electrons. The van der Waals surface area contributed by atoms with Crippen LogP contribution in [0.1, 0.15) is 6.92 Å². The van der Waals surface area contributed by atoms with Crippen LogP contribution in [0.15, 0.2) is 36.5 Å². The van der Waals surface area contributed by atoms with Gasteiger partial charge in [0.25, 0.3) is 0 Å². The van der Waals surface area contributed by atoms with E-state index in [0.29, 0.717) is 11.3 Å². The Balaban J connectivity index is 1.74. The molecule has 0 unspecified atom stereocenters. The predicted octanol–water partition coefficient (Wildman–Crippen LogP) is 0.594. The molecule has 2 heterocycles. The Hall–Kier alpha value is -2.46. The summed E-state index contributed by atoms with van der Waals surface area (Å²) < 4.78 is 20.7. The van der Waals surface area contributed by atoms with Crippen LogP contribution in [0.5, 0.6) is 5.75 Å². The van der Waals surface area contributed by atoms with Crippen LogP contribution in [0.3, 0.4) is 0 Å². The van der Waals surface area contributed by atoms with Gasteiger partial charge < -0.3 is 34.3 Å². The van der Waals surface area contributed by atoms with Crippen molar-refractivity contribution in [3.63, 3.8) is 0 Å². The summed E-state index contributed by atoms with van der Waals surface area (Å²) in [6.45, 7) is 1.38. The zero-order valence-electron chi connectivity index (χ0n) is 14.6. The molecule has 1 saturated heterocycles. The van der Waals surface area contributed by atoms with Crippen LogP contribution in [0.25, 0.3) is 10.9 Å². The molecular formula is C18H21NO8. The number of rotatable bonds is 5. The Morgan fingerprint density at radius 1 is 1.11 bits per heavy atom. The molecule has 0 bridgehead atoms. The van der Waals surface area contributed by atoms with E-state index in [1.165, 1.54) is 0 Å². The zero-order valence-corrected chi connectivity index (χ0v) is 14.6. The highest BCUT2D eigenvalue weighted by atomic mass is 16.7. The van der Waals surface area contributed by atoms with Crippen LogP contribution < -0.4 is 4.74 Å². The van der Waals surface area contributed by atoms with E-state index in [2.05, 4.69) is 9.72 Å². The van der Waals surface area contributed by atoms with Gasteiger partial charge in [0.15, 0.2) is 0 Å². The molecule has 0 saturated carbocycles. The van der Waals surface area contributed by atoms with Crippen molar-refractivity contribution in [2.24, 2.45) is 0 Å². The fraction of sp³-hybridized carbons (Fsp3) is 0.444. The van der Waals surface area contributed by atoms with Gasteiger partial charge in [-0.15, -0.1) is 0 Å². The number of aliphatic hydroxyl groups excluding tert-OH is 3. The summed E-state index contributed by atoms with van der Waals surface area (Å²) in [5.41, 5.74) is 0.552. The Kier molecular flexibility index (Phi) is 6.07. The molecule has 0 radical (unpaired) electrons. The maximum absolute atomic E-state index is 11.3. The number of pyridine rings is 1. The summed E-state index contributed by atoms with van der Waals surface area (Å²) in [7, 11) is 0. The average molecular weight is 379 g/mol. The normalized spacial score (nSPS) is 27.9. The summed E-state index contributed by atoms with van der Waals surface area (Å²) in [6, 6.07) is 8.87. The second kappa shape index (κ2) is 8.49. The fourth-order valence-electron chi connectivity index (χ4n) is 2.76. The van der Waals surface area contributed by atoms with Gasteiger partial charge in [0.1, 0.15) is 42.3 Å². The number of carbonyl (C=O) groups excluding carboxylic acids is 1. The van der Waals surface area contributed by atoms with Crippen molar-refractivity contribution >= 4 is 17.1 Å². The molecular weight excluding hydrogens is 358 g/mol. The molecule has 9 heteroatoms. The van der Waals surface area contributed by atoms with Crippen molar-refractivity contribution in [2.75, 3.05) is 13.2 Å². The molecule has 1 aromatic carbocycles. The number of fused-ring (bicyclic) bond motifs is 1. The number of benzene rings is 1. The highest BCUT2D eigenvalue weighted by molar-refractivity contribution is 5.84. The molecule has 9 nitrogen and oxygen atoms in total. The first-order chi connectivity index (χ1) is 13.0. The monoisotopic (exact) mass is 379 g/mol. The third-order valence-electron chi connectivity index (χ3n) is 4.13. The summed E-state index contributed by atoms with van der Waals surface area (Å²) >= 11 is 0. The number of aliphatic hydroxyl groups is 3. The topological polar surface area (TPSA) is 128 Å². The molecule has 3 N–H and O–H groups in total. The first kappa shape index (κ1) is 19.3. The highest BCUT2D eigenvalue weighted by Crippen LogP contribution is 2.28. The van der Waals surface area contributed by atoms with Gasteiger partial charge in [0.2, 0.25) is 6.29 Å². The number of ether oxygens (including phenoxy) is 4. The molecule has 1 aliphatic heterocycles. The second-order valence-electron chi connectivity index (χ2n) is 5.96. The molecule has 1 fully saturated rings. The van der Waals surface area contributed by atoms with Crippen LogP contribution in [0.4, 0.5) is 4.79 Å². The van der Waals surface area contributed by atoms with E-state index >= 15 is 0 Å². The van der Waals surface area contributed by atoms with Gasteiger partial charge in [0.05, 0.1) is 6.61 Å². The SMILES string of the molecule is CCOC(=O)OC[C@H]1O[C@@H](Oc2cccc3cccnc23)[C@H](O)[C@@H](O)[C@@H]1O. The van der Waals surface area contributed by atoms with Crippen molar-refractivity contribution in [3.05, 3.63) is 36.5 Å². The van der Waals surface area contributed by atoms with Crippen molar-refractivity contribution in [3.8, 4) is 5.75 Å². The van der Waals surface area contributed by atoms with Crippen molar-refractivity contribution in [1.82, 2.24) is 4.98 Å². The second-order valence-corrected chi connectivity index (χ2v) is 5.96. The Bertz CT molecular complexity index is 780. The first-order valence-corrected chi connectivity index (χ1v) is 8.51. The highest BCUT2D eigenvalue weighted by Gasteiger charge is 2.45. The van der Waals surface area contributed by atoms with E-state index in [9.17, 15) is 20.1 Å². The lowest BCUT2D eigenvalue weighted by Crippen LogP contribution is -2.60. The summed E-state index contributed by atoms with van der Waals surface area (Å²) in [6.07, 6.45) is -6.28. The minimum atomic E-state index is -1.55. The molecule has 27 heavy (non-hydrogen) atoms. The van der Waals surface area contributed by atoms with Crippen LogP contribution >= 0.6 is 0 Å². The number of hydrogen-bond acceptors (Lipinski definition) is 9. The number of aromatic nitrogens is 1. The maximum atomic E-state index is 11.3. The average Bonchev–Trinajstić information content (AvgIpc) is 2.68. The quantitative estimate of drug-likeness (QED) is 0.640. The third kappa shape index (κ3) is 4.28. The van der Waals surface area contributed by atoms with Gasteiger partial charge in [-0.05, 0) is 19.1 Å². The summed E-state index contributed by atoms with van der Waals surface area (Å²) in [5.74, 6) is 0.339. The molecule has 1 aliphatic rings. The van der Waals surface area contributed by atoms with E-state index < -0.39 is 36.9 Å². The fourth-order valence-corrected chi connectivity index (χ4v) is 2.76. The van der Waals surface area contributed by atoms with E-state index in [1.54, 1.807) is 31.3 Å². The number of nitrogens with zero attached hydrogens (tertiary/aromatic N) is 1. The maximum Gasteiger partial charge on any atom is 0.508 e. The molecule has 2 aromatic rings. The Morgan fingerprint density at radius 3 is 2.67 bits per heavy atom. The molecule has 0 amide bonds. The zero-order chi connectivity index (χ0) is 19.4. The lowest BCUT2D eigenvalue weighted by Gasteiger charge is -2.39. The van der Waals surface area contributed by atoms with Gasteiger partial charge in [-0.1, -0.05) is 18.2 Å². The Morgan fingerprint density at radius 2 is 1.89 bits per heavy atom. The molecule has 1 aromatic heterocycles. The smallest absolute Gasteiger partial charge is 0.460 e. The lowest BCUT2D eigenvalue weighted by molar-refractivity contribution is -0.277. The minimum Gasteiger partial charge on any atom is -0.460 e. The van der Waals surface area contributed by atoms with Crippen molar-refractivity contribution < 1.29 is 39.1 Å². The first-order valence-electron chi connectivity index (χ1n) is 8.51. The molecule has 3 rings (SSSR count). The lowest BCUT2D eigenvalue weighted by atomic mass is 9.99. The Labute approximate surface area is 155 Å². The van der Waals surface area contributed by atoms with E-state index in [0.717, 1.165) is 5.39 Å². The van der Waals surface area contributed by atoms with Gasteiger partial charge in [-0.3, -0.25) is 4.98 Å². The van der Waals surface area contributed by atoms with Gasteiger partial charge in [-0.25, -0.2) is 4.79 Å². The predicted molar refractivity (Wildman–Crippen MR) is 92.0 cm³/mol. The standard InChI is InChI=1S/C18H21NO8/c1-2-24-18(23)25-9-12-14(20)15(21)16(22)17(27-12)26-11-7-3-5-10-6-4-8-19-13(10)11/h3-8,12,14-17,20-22H,2,9H2,1H3/t12-,14-,15+,16-,17-/m1/s1. The van der Waals surface area contributed by atoms with Crippen LogP contribution in [0.2, 0.25) is 0 Å². The van der Waals surface area contributed by atoms with Crippen LogP contribution in [-0.4, -0.2) is 70.4 Å².